The van der Waals surface area contributed by atoms with E-state index in [1.807, 2.05) is 31.2 Å². The minimum atomic E-state index is -0.324. The number of rotatable bonds is 8. The van der Waals surface area contributed by atoms with Crippen LogP contribution in [0.1, 0.15) is 23.6 Å². The fourth-order valence-corrected chi connectivity index (χ4v) is 4.99. The smallest absolute Gasteiger partial charge is 0.293 e. The van der Waals surface area contributed by atoms with Crippen LogP contribution in [0.4, 0.5) is 4.79 Å². The van der Waals surface area contributed by atoms with Gasteiger partial charge in [0, 0.05) is 20.1 Å². The molecule has 0 saturated carbocycles. The Bertz CT molecular complexity index is 1280. The third-order valence-electron chi connectivity index (χ3n) is 5.13. The highest BCUT2D eigenvalue weighted by Crippen LogP contribution is 2.36. The first-order valence-corrected chi connectivity index (χ1v) is 13.0. The second-order valence-electron chi connectivity index (χ2n) is 7.52. The second kappa shape index (κ2) is 11.5. The second-order valence-corrected chi connectivity index (χ2v) is 10.2. The molecule has 4 rings (SSSR count). The van der Waals surface area contributed by atoms with Crippen molar-refractivity contribution in [1.29, 1.82) is 0 Å². The molecule has 1 heterocycles. The van der Waals surface area contributed by atoms with Gasteiger partial charge in [0.2, 0.25) is 0 Å². The van der Waals surface area contributed by atoms with E-state index in [0.29, 0.717) is 44.2 Å². The summed E-state index contributed by atoms with van der Waals surface area (Å²) in [5.74, 6) is 0.705. The summed E-state index contributed by atoms with van der Waals surface area (Å²) in [6.45, 7) is 2.69. The van der Waals surface area contributed by atoms with Crippen LogP contribution in [0.5, 0.6) is 11.5 Å². The highest BCUT2D eigenvalue weighted by molar-refractivity contribution is 9.10. The zero-order chi connectivity index (χ0) is 24.9. The first-order valence-electron chi connectivity index (χ1n) is 10.7. The molecule has 5 nitrogen and oxygen atoms in total. The molecule has 1 aliphatic heterocycles. The summed E-state index contributed by atoms with van der Waals surface area (Å²) in [5, 5.41) is 0.739. The molecule has 0 N–H and O–H groups in total. The molecule has 9 heteroatoms. The van der Waals surface area contributed by atoms with Crippen LogP contribution >= 0.6 is 50.9 Å². The van der Waals surface area contributed by atoms with Crippen LogP contribution in [0.25, 0.3) is 6.08 Å². The lowest BCUT2D eigenvalue weighted by molar-refractivity contribution is -0.123. The fourth-order valence-electron chi connectivity index (χ4n) is 3.38. The van der Waals surface area contributed by atoms with Crippen LogP contribution in [-0.2, 0) is 17.9 Å². The van der Waals surface area contributed by atoms with E-state index in [1.165, 1.54) is 4.90 Å². The molecule has 2 amide bonds. The number of nitrogens with zero attached hydrogens (tertiary/aromatic N) is 1. The number of benzene rings is 3. The van der Waals surface area contributed by atoms with Crippen LogP contribution in [-0.4, -0.2) is 22.7 Å². The minimum absolute atomic E-state index is 0.173. The molecule has 1 saturated heterocycles. The van der Waals surface area contributed by atoms with Crippen LogP contribution in [0.2, 0.25) is 10.0 Å². The van der Waals surface area contributed by atoms with Crippen LogP contribution in [0.3, 0.4) is 0 Å². The summed E-state index contributed by atoms with van der Waals surface area (Å²) in [7, 11) is 0. The topological polar surface area (TPSA) is 55.8 Å². The number of hydrogen-bond donors (Lipinski definition) is 0. The van der Waals surface area contributed by atoms with Crippen molar-refractivity contribution in [3.63, 3.8) is 0 Å². The number of thioether (sulfide) groups is 1. The number of halogens is 3. The SMILES string of the molecule is CCOc1cc(/C=C2\SC(=O)N(Cc3ccc(Br)cc3)C2=O)ccc1OCc1c(Cl)cccc1Cl. The number of carbonyl (C=O) groups is 2. The van der Waals surface area contributed by atoms with Crippen molar-refractivity contribution < 1.29 is 19.1 Å². The summed E-state index contributed by atoms with van der Waals surface area (Å²) in [6.07, 6.45) is 1.68. The average Bonchev–Trinajstić information content (AvgIpc) is 3.08. The van der Waals surface area contributed by atoms with Gasteiger partial charge in [-0.1, -0.05) is 63.4 Å². The van der Waals surface area contributed by atoms with Crippen molar-refractivity contribution >= 4 is 68.1 Å². The minimum Gasteiger partial charge on any atom is -0.490 e. The molecule has 1 fully saturated rings. The first kappa shape index (κ1) is 25.6. The van der Waals surface area contributed by atoms with E-state index in [-0.39, 0.29) is 24.3 Å². The summed E-state index contributed by atoms with van der Waals surface area (Å²) in [4.78, 5) is 27.0. The van der Waals surface area contributed by atoms with Gasteiger partial charge in [-0.05, 0) is 72.3 Å². The molecule has 0 aromatic heterocycles. The van der Waals surface area contributed by atoms with Gasteiger partial charge in [0.15, 0.2) is 11.5 Å². The van der Waals surface area contributed by atoms with E-state index in [1.54, 1.807) is 42.5 Å². The Balaban J connectivity index is 1.52. The number of carbonyl (C=O) groups excluding carboxylic acids is 2. The maximum atomic E-state index is 12.9. The van der Waals surface area contributed by atoms with E-state index in [0.717, 1.165) is 21.8 Å². The maximum absolute atomic E-state index is 12.9. The molecule has 0 radical (unpaired) electrons. The normalized spacial score (nSPS) is 14.6. The van der Waals surface area contributed by atoms with Crippen molar-refractivity contribution in [3.05, 3.63) is 96.8 Å². The Kier molecular flexibility index (Phi) is 8.44. The molecule has 0 aliphatic carbocycles. The van der Waals surface area contributed by atoms with Crippen molar-refractivity contribution in [1.82, 2.24) is 4.90 Å². The van der Waals surface area contributed by atoms with E-state index in [2.05, 4.69) is 15.9 Å². The highest BCUT2D eigenvalue weighted by Gasteiger charge is 2.35. The quantitative estimate of drug-likeness (QED) is 0.248. The Hall–Kier alpha value is -2.45. The Morgan fingerprint density at radius 2 is 1.69 bits per heavy atom. The van der Waals surface area contributed by atoms with Crippen molar-refractivity contribution in [2.24, 2.45) is 0 Å². The largest absolute Gasteiger partial charge is 0.490 e. The molecule has 0 bridgehead atoms. The zero-order valence-electron chi connectivity index (χ0n) is 18.6. The molecule has 180 valence electrons. The molecular formula is C26H20BrCl2NO4S. The molecule has 0 unspecified atom stereocenters. The molecular weight excluding hydrogens is 573 g/mol. The van der Waals surface area contributed by atoms with E-state index >= 15 is 0 Å². The number of ether oxygens (including phenoxy) is 2. The molecule has 35 heavy (non-hydrogen) atoms. The van der Waals surface area contributed by atoms with E-state index < -0.39 is 0 Å². The maximum Gasteiger partial charge on any atom is 0.293 e. The summed E-state index contributed by atoms with van der Waals surface area (Å²) in [6, 6.07) is 18.1. The van der Waals surface area contributed by atoms with Crippen molar-refractivity contribution in [3.8, 4) is 11.5 Å². The lowest BCUT2D eigenvalue weighted by Gasteiger charge is -2.14. The average molecular weight is 593 g/mol. The molecule has 0 spiro atoms. The van der Waals surface area contributed by atoms with Crippen molar-refractivity contribution in [2.45, 2.75) is 20.1 Å². The summed E-state index contributed by atoms with van der Waals surface area (Å²) < 4.78 is 12.6. The predicted molar refractivity (Wildman–Crippen MR) is 144 cm³/mol. The van der Waals surface area contributed by atoms with Gasteiger partial charge in [0.05, 0.1) is 18.1 Å². The van der Waals surface area contributed by atoms with Crippen LogP contribution in [0, 0.1) is 0 Å². The molecule has 1 aliphatic rings. The fraction of sp³-hybridized carbons (Fsp3) is 0.154. The van der Waals surface area contributed by atoms with Gasteiger partial charge in [0.1, 0.15) is 6.61 Å². The molecule has 0 atom stereocenters. The van der Waals surface area contributed by atoms with E-state index in [9.17, 15) is 9.59 Å². The Morgan fingerprint density at radius 1 is 0.971 bits per heavy atom. The Labute approximate surface area is 226 Å². The highest BCUT2D eigenvalue weighted by atomic mass is 79.9. The van der Waals surface area contributed by atoms with Gasteiger partial charge in [-0.2, -0.15) is 0 Å². The van der Waals surface area contributed by atoms with Crippen molar-refractivity contribution in [2.75, 3.05) is 6.61 Å². The van der Waals surface area contributed by atoms with Gasteiger partial charge >= 0.3 is 0 Å². The van der Waals surface area contributed by atoms with Crippen LogP contribution < -0.4 is 9.47 Å². The van der Waals surface area contributed by atoms with Gasteiger partial charge in [-0.25, -0.2) is 0 Å². The molecule has 3 aromatic rings. The van der Waals surface area contributed by atoms with Gasteiger partial charge in [0.25, 0.3) is 11.1 Å². The predicted octanol–water partition coefficient (Wildman–Crippen LogP) is 7.97. The third kappa shape index (κ3) is 6.22. The van der Waals surface area contributed by atoms with Gasteiger partial charge in [-0.3, -0.25) is 14.5 Å². The number of amides is 2. The van der Waals surface area contributed by atoms with Gasteiger partial charge < -0.3 is 9.47 Å². The monoisotopic (exact) mass is 591 g/mol. The summed E-state index contributed by atoms with van der Waals surface area (Å²) in [5.41, 5.74) is 2.27. The molecule has 3 aromatic carbocycles. The third-order valence-corrected chi connectivity index (χ3v) is 7.27. The standard InChI is InChI=1S/C26H20BrCl2NO4S/c1-2-33-23-12-17(8-11-22(23)34-15-19-20(28)4-3-5-21(19)29)13-24-25(31)30(26(32)35-24)14-16-6-9-18(27)10-7-16/h3-13H,2,14-15H2,1H3/b24-13-. The van der Waals surface area contributed by atoms with Crippen LogP contribution in [0.15, 0.2) is 70.0 Å². The lowest BCUT2D eigenvalue weighted by atomic mass is 10.1. The first-order chi connectivity index (χ1) is 16.9. The zero-order valence-corrected chi connectivity index (χ0v) is 22.5. The summed E-state index contributed by atoms with van der Waals surface area (Å²) >= 11 is 16.8. The Morgan fingerprint density at radius 3 is 2.37 bits per heavy atom. The van der Waals surface area contributed by atoms with E-state index in [4.69, 9.17) is 32.7 Å². The van der Waals surface area contributed by atoms with Gasteiger partial charge in [-0.15, -0.1) is 0 Å². The number of imide groups is 1. The lowest BCUT2D eigenvalue weighted by Crippen LogP contribution is -2.27. The number of hydrogen-bond acceptors (Lipinski definition) is 5.